The van der Waals surface area contributed by atoms with Gasteiger partial charge in [-0.25, -0.2) is 26.9 Å². The minimum absolute atomic E-state index is 0.176. The summed E-state index contributed by atoms with van der Waals surface area (Å²) in [5.74, 6) is -10.6. The molecule has 0 N–H and O–H groups in total. The van der Waals surface area contributed by atoms with Gasteiger partial charge in [0.25, 0.3) is 5.69 Å². The van der Waals surface area contributed by atoms with Crippen LogP contribution in [0.25, 0.3) is 0 Å². The second kappa shape index (κ2) is 5.88. The Morgan fingerprint density at radius 3 is 1.77 bits per heavy atom. The lowest BCUT2D eigenvalue weighted by Gasteiger charge is -2.03. The SMILES string of the molecule is O=[N+]([O-])c1ccc(C=Nc2c(F)c(F)c(F)c(F)c2F)cc1. The summed E-state index contributed by atoms with van der Waals surface area (Å²) < 4.78 is 65.5. The Hall–Kier alpha value is -2.84. The number of nitro groups is 1. The third kappa shape index (κ3) is 2.78. The van der Waals surface area contributed by atoms with Crippen molar-refractivity contribution in [2.75, 3.05) is 0 Å². The van der Waals surface area contributed by atoms with Gasteiger partial charge in [0.2, 0.25) is 5.82 Å². The molecule has 2 aromatic carbocycles. The normalized spacial score (nSPS) is 11.1. The first kappa shape index (κ1) is 15.5. The number of non-ortho nitro benzene ring substituents is 1. The van der Waals surface area contributed by atoms with Crippen molar-refractivity contribution >= 4 is 17.6 Å². The molecular formula is C13H5F5N2O2. The average molecular weight is 316 g/mol. The summed E-state index contributed by atoms with van der Waals surface area (Å²) >= 11 is 0. The Balaban J connectivity index is 2.40. The lowest BCUT2D eigenvalue weighted by atomic mass is 10.2. The largest absolute Gasteiger partial charge is 0.269 e. The fraction of sp³-hybridized carbons (Fsp3) is 0. The monoisotopic (exact) mass is 316 g/mol. The van der Waals surface area contributed by atoms with E-state index >= 15 is 0 Å². The van der Waals surface area contributed by atoms with Gasteiger partial charge < -0.3 is 0 Å². The molecule has 0 aliphatic heterocycles. The van der Waals surface area contributed by atoms with Gasteiger partial charge in [-0.05, 0) is 17.7 Å². The van der Waals surface area contributed by atoms with Crippen LogP contribution >= 0.6 is 0 Å². The highest BCUT2D eigenvalue weighted by molar-refractivity contribution is 5.82. The zero-order valence-corrected chi connectivity index (χ0v) is 10.5. The van der Waals surface area contributed by atoms with E-state index in [2.05, 4.69) is 4.99 Å². The molecule has 0 aliphatic rings. The zero-order valence-electron chi connectivity index (χ0n) is 10.5. The van der Waals surface area contributed by atoms with Crippen LogP contribution in [0.3, 0.4) is 0 Å². The predicted octanol–water partition coefficient (Wildman–Crippen LogP) is 4.04. The number of benzene rings is 2. The van der Waals surface area contributed by atoms with Crippen molar-refractivity contribution in [3.8, 4) is 0 Å². The van der Waals surface area contributed by atoms with Crippen LogP contribution in [0.15, 0.2) is 29.3 Å². The van der Waals surface area contributed by atoms with E-state index in [0.717, 1.165) is 18.3 Å². The smallest absolute Gasteiger partial charge is 0.258 e. The number of nitro benzene ring substituents is 1. The standard InChI is InChI=1S/C13H5F5N2O2/c14-8-9(15)11(17)13(12(18)10(8)16)19-5-6-1-3-7(4-2-6)20(21)22/h1-5H. The molecule has 0 saturated carbocycles. The Kier molecular flexibility index (Phi) is 4.15. The van der Waals surface area contributed by atoms with E-state index in [1.165, 1.54) is 12.1 Å². The first-order valence-electron chi connectivity index (χ1n) is 5.63. The van der Waals surface area contributed by atoms with Crippen molar-refractivity contribution in [2.24, 2.45) is 4.99 Å². The molecule has 4 nitrogen and oxygen atoms in total. The Labute approximate surface area is 119 Å². The maximum atomic E-state index is 13.4. The third-order valence-electron chi connectivity index (χ3n) is 2.63. The maximum absolute atomic E-state index is 13.4. The van der Waals surface area contributed by atoms with Gasteiger partial charge in [0.1, 0.15) is 5.69 Å². The van der Waals surface area contributed by atoms with E-state index in [9.17, 15) is 32.1 Å². The molecule has 0 unspecified atom stereocenters. The number of hydrogen-bond donors (Lipinski definition) is 0. The van der Waals surface area contributed by atoms with Crippen molar-refractivity contribution in [1.29, 1.82) is 0 Å². The van der Waals surface area contributed by atoms with Crippen LogP contribution in [0.1, 0.15) is 5.56 Å². The summed E-state index contributed by atoms with van der Waals surface area (Å²) in [6, 6.07) is 4.60. The molecule has 22 heavy (non-hydrogen) atoms. The van der Waals surface area contributed by atoms with E-state index in [-0.39, 0.29) is 11.3 Å². The fourth-order valence-electron chi connectivity index (χ4n) is 1.53. The van der Waals surface area contributed by atoms with Crippen LogP contribution in [0.5, 0.6) is 0 Å². The number of aliphatic imine (C=N–C) groups is 1. The molecule has 0 heterocycles. The molecule has 2 rings (SSSR count). The summed E-state index contributed by atoms with van der Waals surface area (Å²) in [7, 11) is 0. The first-order valence-corrected chi connectivity index (χ1v) is 5.63. The summed E-state index contributed by atoms with van der Waals surface area (Å²) in [6.07, 6.45) is 0.821. The molecule has 114 valence electrons. The molecule has 0 aliphatic carbocycles. The van der Waals surface area contributed by atoms with Crippen molar-refractivity contribution in [2.45, 2.75) is 0 Å². The fourth-order valence-corrected chi connectivity index (χ4v) is 1.53. The van der Waals surface area contributed by atoms with E-state index in [1.54, 1.807) is 0 Å². The van der Waals surface area contributed by atoms with Gasteiger partial charge in [-0.1, -0.05) is 0 Å². The van der Waals surface area contributed by atoms with Gasteiger partial charge in [-0.2, -0.15) is 0 Å². The van der Waals surface area contributed by atoms with E-state index < -0.39 is 39.7 Å². The van der Waals surface area contributed by atoms with Gasteiger partial charge in [0.05, 0.1) is 4.92 Å². The highest BCUT2D eigenvalue weighted by atomic mass is 19.2. The van der Waals surface area contributed by atoms with Crippen LogP contribution in [0.4, 0.5) is 33.3 Å². The number of hydrogen-bond acceptors (Lipinski definition) is 3. The molecule has 0 atom stereocenters. The van der Waals surface area contributed by atoms with Crippen LogP contribution in [-0.4, -0.2) is 11.1 Å². The van der Waals surface area contributed by atoms with Crippen molar-refractivity contribution in [3.63, 3.8) is 0 Å². The van der Waals surface area contributed by atoms with Crippen molar-refractivity contribution in [1.82, 2.24) is 0 Å². The molecule has 0 bridgehead atoms. The van der Waals surface area contributed by atoms with Gasteiger partial charge in [-0.15, -0.1) is 0 Å². The van der Waals surface area contributed by atoms with Gasteiger partial charge in [0, 0.05) is 18.3 Å². The van der Waals surface area contributed by atoms with Gasteiger partial charge >= 0.3 is 0 Å². The lowest BCUT2D eigenvalue weighted by Crippen LogP contribution is -2.00. The topological polar surface area (TPSA) is 55.5 Å². The highest BCUT2D eigenvalue weighted by Gasteiger charge is 2.25. The molecule has 2 aromatic rings. The number of rotatable bonds is 3. The van der Waals surface area contributed by atoms with Crippen LogP contribution in [0, 0.1) is 39.2 Å². The minimum Gasteiger partial charge on any atom is -0.258 e. The molecule has 0 amide bonds. The predicted molar refractivity (Wildman–Crippen MR) is 66.6 cm³/mol. The Morgan fingerprint density at radius 1 is 0.864 bits per heavy atom. The minimum atomic E-state index is -2.27. The summed E-state index contributed by atoms with van der Waals surface area (Å²) in [6.45, 7) is 0. The Morgan fingerprint density at radius 2 is 1.32 bits per heavy atom. The molecule has 9 heteroatoms. The quantitative estimate of drug-likeness (QED) is 0.214. The Bertz CT molecular complexity index is 746. The first-order chi connectivity index (χ1) is 10.3. The van der Waals surface area contributed by atoms with Crippen LogP contribution < -0.4 is 0 Å². The third-order valence-corrected chi connectivity index (χ3v) is 2.63. The number of nitrogens with zero attached hydrogens (tertiary/aromatic N) is 2. The van der Waals surface area contributed by atoms with E-state index in [1.807, 2.05) is 0 Å². The van der Waals surface area contributed by atoms with E-state index in [4.69, 9.17) is 0 Å². The second-order valence-corrected chi connectivity index (χ2v) is 4.03. The molecule has 0 saturated heterocycles. The molecule has 0 radical (unpaired) electrons. The molecular weight excluding hydrogens is 311 g/mol. The van der Waals surface area contributed by atoms with Crippen LogP contribution in [0.2, 0.25) is 0 Å². The van der Waals surface area contributed by atoms with Gasteiger partial charge in [0.15, 0.2) is 23.3 Å². The van der Waals surface area contributed by atoms with Crippen molar-refractivity contribution in [3.05, 3.63) is 69.0 Å². The highest BCUT2D eigenvalue weighted by Crippen LogP contribution is 2.29. The summed E-state index contributed by atoms with van der Waals surface area (Å²) in [5, 5.41) is 10.4. The molecule has 0 aromatic heterocycles. The molecule has 0 spiro atoms. The van der Waals surface area contributed by atoms with Crippen LogP contribution in [-0.2, 0) is 0 Å². The summed E-state index contributed by atoms with van der Waals surface area (Å²) in [4.78, 5) is 13.0. The lowest BCUT2D eigenvalue weighted by molar-refractivity contribution is -0.384. The summed E-state index contributed by atoms with van der Waals surface area (Å²) in [5.41, 5.74) is -1.39. The van der Waals surface area contributed by atoms with Crippen molar-refractivity contribution < 1.29 is 26.9 Å². The molecule has 0 fully saturated rings. The number of halogens is 5. The zero-order chi connectivity index (χ0) is 16.4. The average Bonchev–Trinajstić information content (AvgIpc) is 2.51. The second-order valence-electron chi connectivity index (χ2n) is 4.03. The van der Waals surface area contributed by atoms with E-state index in [0.29, 0.717) is 0 Å². The van der Waals surface area contributed by atoms with Gasteiger partial charge in [-0.3, -0.25) is 10.1 Å². The maximum Gasteiger partial charge on any atom is 0.269 e.